The SMILES string of the molecule is COc1ccccc1CN1CCCN(Cc2ccccc2OC)C1c1ccc(N(CCCl)CCCl)cc1Cl. The molecule has 0 atom stereocenters. The molecule has 3 aromatic carbocycles. The maximum Gasteiger partial charge on any atom is 0.123 e. The molecule has 0 aromatic heterocycles. The Morgan fingerprint density at radius 3 is 1.79 bits per heavy atom. The summed E-state index contributed by atoms with van der Waals surface area (Å²) in [6.45, 7) is 4.84. The van der Waals surface area contributed by atoms with Gasteiger partial charge >= 0.3 is 0 Å². The third-order valence-electron chi connectivity index (χ3n) is 7.05. The number of nitrogens with zero attached hydrogens (tertiary/aromatic N) is 3. The predicted octanol–water partition coefficient (Wildman–Crippen LogP) is 7.05. The fourth-order valence-electron chi connectivity index (χ4n) is 5.28. The van der Waals surface area contributed by atoms with E-state index in [9.17, 15) is 0 Å². The van der Waals surface area contributed by atoms with E-state index in [0.717, 1.165) is 71.5 Å². The average molecular weight is 577 g/mol. The lowest BCUT2D eigenvalue weighted by Gasteiger charge is -2.45. The van der Waals surface area contributed by atoms with Crippen molar-refractivity contribution in [3.8, 4) is 11.5 Å². The highest BCUT2D eigenvalue weighted by Crippen LogP contribution is 2.38. The Balaban J connectivity index is 1.72. The van der Waals surface area contributed by atoms with Gasteiger partial charge in [-0.2, -0.15) is 0 Å². The van der Waals surface area contributed by atoms with Gasteiger partial charge in [0.25, 0.3) is 0 Å². The van der Waals surface area contributed by atoms with Gasteiger partial charge in [-0.25, -0.2) is 0 Å². The van der Waals surface area contributed by atoms with E-state index in [2.05, 4.69) is 51.1 Å². The van der Waals surface area contributed by atoms with Gasteiger partial charge in [-0.3, -0.25) is 9.80 Å². The lowest BCUT2D eigenvalue weighted by atomic mass is 10.0. The first-order valence-electron chi connectivity index (χ1n) is 13.0. The van der Waals surface area contributed by atoms with Crippen molar-refractivity contribution in [3.63, 3.8) is 0 Å². The molecule has 1 fully saturated rings. The zero-order chi connectivity index (χ0) is 26.9. The zero-order valence-electron chi connectivity index (χ0n) is 22.1. The molecular weight excluding hydrogens is 541 g/mol. The number of rotatable bonds is 12. The van der Waals surface area contributed by atoms with Gasteiger partial charge in [0.05, 0.1) is 20.4 Å². The number of benzene rings is 3. The molecule has 0 spiro atoms. The highest BCUT2D eigenvalue weighted by atomic mass is 35.5. The van der Waals surface area contributed by atoms with Crippen LogP contribution in [0.3, 0.4) is 0 Å². The Morgan fingerprint density at radius 1 is 0.789 bits per heavy atom. The van der Waals surface area contributed by atoms with Crippen LogP contribution >= 0.6 is 34.8 Å². The Hall–Kier alpha value is -2.15. The molecule has 4 rings (SSSR count). The first-order chi connectivity index (χ1) is 18.6. The van der Waals surface area contributed by atoms with Crippen molar-refractivity contribution in [2.24, 2.45) is 0 Å². The van der Waals surface area contributed by atoms with Gasteiger partial charge < -0.3 is 14.4 Å². The van der Waals surface area contributed by atoms with E-state index < -0.39 is 0 Å². The van der Waals surface area contributed by atoms with Crippen molar-refractivity contribution >= 4 is 40.5 Å². The van der Waals surface area contributed by atoms with Crippen LogP contribution in [0.25, 0.3) is 0 Å². The Morgan fingerprint density at radius 2 is 1.32 bits per heavy atom. The Kier molecular flexibility index (Phi) is 10.9. The fourth-order valence-corrected chi connectivity index (χ4v) is 5.96. The highest BCUT2D eigenvalue weighted by Gasteiger charge is 2.33. The smallest absolute Gasteiger partial charge is 0.123 e. The highest BCUT2D eigenvalue weighted by molar-refractivity contribution is 6.31. The number of methoxy groups -OCH3 is 2. The quantitative estimate of drug-likeness (QED) is 0.216. The molecular formula is C30H36Cl3N3O2. The van der Waals surface area contributed by atoms with Crippen molar-refractivity contribution in [3.05, 3.63) is 88.4 Å². The average Bonchev–Trinajstić information content (AvgIpc) is 2.94. The standard InChI is InChI=1S/C30H36Cl3N3O2/c1-37-28-10-5-3-8-23(28)21-35-16-7-17-36(22-24-9-4-6-11-29(24)38-2)30(35)26-13-12-25(20-27(26)33)34(18-14-31)19-15-32/h3-6,8-13,20,30H,7,14-19,21-22H2,1-2H3. The number of hydrogen-bond donors (Lipinski definition) is 0. The van der Waals surface area contributed by atoms with Crippen LogP contribution in [0, 0.1) is 0 Å². The lowest BCUT2D eigenvalue weighted by Crippen LogP contribution is -2.47. The molecule has 8 heteroatoms. The van der Waals surface area contributed by atoms with Crippen molar-refractivity contribution in [1.82, 2.24) is 9.80 Å². The topological polar surface area (TPSA) is 28.2 Å². The summed E-state index contributed by atoms with van der Waals surface area (Å²) in [5.41, 5.74) is 4.42. The summed E-state index contributed by atoms with van der Waals surface area (Å²) in [5.74, 6) is 2.84. The molecule has 0 bridgehead atoms. The maximum absolute atomic E-state index is 7.07. The van der Waals surface area contributed by atoms with Crippen LogP contribution in [-0.2, 0) is 13.1 Å². The van der Waals surface area contributed by atoms with Crippen LogP contribution in [0.4, 0.5) is 5.69 Å². The third-order valence-corrected chi connectivity index (χ3v) is 7.72. The number of para-hydroxylation sites is 2. The van der Waals surface area contributed by atoms with E-state index in [-0.39, 0.29) is 6.17 Å². The summed E-state index contributed by atoms with van der Waals surface area (Å²) in [6, 6.07) is 22.8. The maximum atomic E-state index is 7.07. The third kappa shape index (κ3) is 6.88. The van der Waals surface area contributed by atoms with Gasteiger partial charge in [0.15, 0.2) is 0 Å². The van der Waals surface area contributed by atoms with E-state index in [1.54, 1.807) is 14.2 Å². The summed E-state index contributed by atoms with van der Waals surface area (Å²) in [4.78, 5) is 7.16. The second kappa shape index (κ2) is 14.3. The molecule has 1 aliphatic heterocycles. The van der Waals surface area contributed by atoms with Gasteiger partial charge in [-0.1, -0.05) is 54.1 Å². The number of anilines is 1. The van der Waals surface area contributed by atoms with Crippen molar-refractivity contribution in [2.45, 2.75) is 25.7 Å². The van der Waals surface area contributed by atoms with Gasteiger partial charge in [0.2, 0.25) is 0 Å². The van der Waals surface area contributed by atoms with E-state index in [1.165, 1.54) is 0 Å². The molecule has 0 radical (unpaired) electrons. The molecule has 0 amide bonds. The van der Waals surface area contributed by atoms with E-state index >= 15 is 0 Å². The molecule has 5 nitrogen and oxygen atoms in total. The zero-order valence-corrected chi connectivity index (χ0v) is 24.4. The van der Waals surface area contributed by atoms with Crippen molar-refractivity contribution in [1.29, 1.82) is 0 Å². The minimum absolute atomic E-state index is 0.0189. The molecule has 204 valence electrons. The fraction of sp³-hybridized carbons (Fsp3) is 0.400. The molecule has 38 heavy (non-hydrogen) atoms. The molecule has 1 aliphatic rings. The van der Waals surface area contributed by atoms with Crippen LogP contribution in [0.15, 0.2) is 66.7 Å². The molecule has 1 saturated heterocycles. The van der Waals surface area contributed by atoms with Gasteiger partial charge in [-0.15, -0.1) is 23.2 Å². The Bertz CT molecular complexity index is 1120. The molecule has 0 N–H and O–H groups in total. The summed E-state index contributed by atoms with van der Waals surface area (Å²) in [5, 5.41) is 0.735. The van der Waals surface area contributed by atoms with Crippen LogP contribution in [0.1, 0.15) is 29.3 Å². The van der Waals surface area contributed by atoms with Gasteiger partial charge in [-0.05, 0) is 30.7 Å². The molecule has 0 saturated carbocycles. The van der Waals surface area contributed by atoms with Crippen molar-refractivity contribution < 1.29 is 9.47 Å². The summed E-state index contributed by atoms with van der Waals surface area (Å²) in [6.07, 6.45) is 1.03. The monoisotopic (exact) mass is 575 g/mol. The minimum atomic E-state index is -0.0189. The van der Waals surface area contributed by atoms with E-state index in [4.69, 9.17) is 44.3 Å². The van der Waals surface area contributed by atoms with Crippen LogP contribution in [0.2, 0.25) is 5.02 Å². The van der Waals surface area contributed by atoms with Crippen LogP contribution in [-0.4, -0.2) is 62.0 Å². The predicted molar refractivity (Wildman–Crippen MR) is 159 cm³/mol. The van der Waals surface area contributed by atoms with E-state index in [0.29, 0.717) is 24.8 Å². The van der Waals surface area contributed by atoms with Crippen LogP contribution in [0.5, 0.6) is 11.5 Å². The summed E-state index contributed by atoms with van der Waals surface area (Å²) in [7, 11) is 3.45. The van der Waals surface area contributed by atoms with E-state index in [1.807, 2.05) is 30.3 Å². The Labute approximate surface area is 241 Å². The largest absolute Gasteiger partial charge is 0.496 e. The second-order valence-electron chi connectivity index (χ2n) is 9.36. The summed E-state index contributed by atoms with van der Waals surface area (Å²) < 4.78 is 11.4. The molecule has 3 aromatic rings. The number of halogens is 3. The first-order valence-corrected chi connectivity index (χ1v) is 14.4. The normalized spacial score (nSPS) is 15.0. The molecule has 0 unspecified atom stereocenters. The van der Waals surface area contributed by atoms with Crippen LogP contribution < -0.4 is 14.4 Å². The lowest BCUT2D eigenvalue weighted by molar-refractivity contribution is -0.00970. The summed E-state index contributed by atoms with van der Waals surface area (Å²) >= 11 is 19.2. The minimum Gasteiger partial charge on any atom is -0.496 e. The second-order valence-corrected chi connectivity index (χ2v) is 10.5. The number of hydrogen-bond acceptors (Lipinski definition) is 5. The number of alkyl halides is 2. The van der Waals surface area contributed by atoms with Gasteiger partial charge in [0.1, 0.15) is 11.5 Å². The molecule has 1 heterocycles. The van der Waals surface area contributed by atoms with Gasteiger partial charge in [0, 0.05) is 78.4 Å². The van der Waals surface area contributed by atoms with Crippen molar-refractivity contribution in [2.75, 3.05) is 57.1 Å². The first kappa shape index (κ1) is 28.8. The number of ether oxygens (including phenoxy) is 2. The molecule has 0 aliphatic carbocycles.